The summed E-state index contributed by atoms with van der Waals surface area (Å²) >= 11 is 0. The van der Waals surface area contributed by atoms with Crippen molar-refractivity contribution < 1.29 is 53.6 Å². The molecule has 0 aromatic heterocycles. The van der Waals surface area contributed by atoms with Crippen LogP contribution in [-0.4, -0.2) is 96.1 Å². The molecule has 4 aromatic rings. The Morgan fingerprint density at radius 2 is 0.720 bits per heavy atom. The van der Waals surface area contributed by atoms with Crippen molar-refractivity contribution in [2.75, 3.05) is 79.3 Å². The van der Waals surface area contributed by atoms with Crippen LogP contribution in [0.25, 0.3) is 10.8 Å². The second kappa shape index (κ2) is 20.3. The van der Waals surface area contributed by atoms with Gasteiger partial charge in [0.25, 0.3) is 20.2 Å². The summed E-state index contributed by atoms with van der Waals surface area (Å²) in [5.74, 6) is 1.43. The highest BCUT2D eigenvalue weighted by Crippen LogP contribution is 2.25. The van der Waals surface area contributed by atoms with E-state index in [4.69, 9.17) is 36.8 Å². The summed E-state index contributed by atoms with van der Waals surface area (Å²) in [5, 5.41) is 2.00. The second-order valence-electron chi connectivity index (χ2n) is 11.0. The van der Waals surface area contributed by atoms with E-state index in [1.807, 2.05) is 50.2 Å². The minimum absolute atomic E-state index is 0.0772. The molecule has 0 spiro atoms. The lowest BCUT2D eigenvalue weighted by Crippen LogP contribution is -2.15. The van der Waals surface area contributed by atoms with Crippen molar-refractivity contribution in [1.82, 2.24) is 0 Å². The van der Waals surface area contributed by atoms with Crippen LogP contribution in [0.4, 0.5) is 0 Å². The van der Waals surface area contributed by atoms with E-state index in [2.05, 4.69) is 0 Å². The summed E-state index contributed by atoms with van der Waals surface area (Å²) in [5.41, 5.74) is 1.93. The van der Waals surface area contributed by atoms with Crippen LogP contribution in [0.3, 0.4) is 0 Å². The summed E-state index contributed by atoms with van der Waals surface area (Å²) in [7, 11) is -7.60. The molecule has 0 aliphatic rings. The molecule has 0 heterocycles. The maximum absolute atomic E-state index is 12.2. The van der Waals surface area contributed by atoms with Gasteiger partial charge in [-0.25, -0.2) is 0 Å². The lowest BCUT2D eigenvalue weighted by molar-refractivity contribution is 0.0279. The zero-order valence-electron chi connectivity index (χ0n) is 28.3. The van der Waals surface area contributed by atoms with Gasteiger partial charge in [0.2, 0.25) is 0 Å². The quantitative estimate of drug-likeness (QED) is 0.0700. The number of hydrogen-bond acceptors (Lipinski definition) is 12. The average molecular weight is 733 g/mol. The average Bonchev–Trinajstić information content (AvgIpc) is 3.10. The van der Waals surface area contributed by atoms with E-state index < -0.39 is 20.2 Å². The molecular weight excluding hydrogens is 689 g/mol. The van der Waals surface area contributed by atoms with Crippen LogP contribution >= 0.6 is 0 Å². The number of fused-ring (bicyclic) bond motifs is 1. The van der Waals surface area contributed by atoms with Gasteiger partial charge in [-0.2, -0.15) is 16.8 Å². The molecule has 4 aromatic carbocycles. The van der Waals surface area contributed by atoms with Crippen molar-refractivity contribution in [2.24, 2.45) is 0 Å². The zero-order valence-corrected chi connectivity index (χ0v) is 29.9. The normalized spacial score (nSPS) is 12.0. The van der Waals surface area contributed by atoms with Gasteiger partial charge in [-0.3, -0.25) is 8.37 Å². The Labute approximate surface area is 294 Å². The van der Waals surface area contributed by atoms with E-state index >= 15 is 0 Å². The number of aryl methyl sites for hydroxylation is 2. The van der Waals surface area contributed by atoms with Crippen LogP contribution in [0.2, 0.25) is 0 Å². The number of hydrogen-bond donors (Lipinski definition) is 0. The molecule has 0 saturated heterocycles. The maximum atomic E-state index is 12.2. The summed E-state index contributed by atoms with van der Waals surface area (Å²) in [6, 6.07) is 24.5. The molecule has 0 unspecified atom stereocenters. The van der Waals surface area contributed by atoms with Gasteiger partial charge in [0, 0.05) is 0 Å². The first-order valence-electron chi connectivity index (χ1n) is 16.1. The third-order valence-corrected chi connectivity index (χ3v) is 9.72. The smallest absolute Gasteiger partial charge is 0.297 e. The van der Waals surface area contributed by atoms with E-state index in [-0.39, 0.29) is 36.2 Å². The largest absolute Gasteiger partial charge is 0.491 e. The van der Waals surface area contributed by atoms with Crippen molar-refractivity contribution in [1.29, 1.82) is 0 Å². The van der Waals surface area contributed by atoms with Crippen LogP contribution in [-0.2, 0) is 47.5 Å². The Bertz CT molecular complexity index is 1680. The molecule has 50 heavy (non-hydrogen) atoms. The van der Waals surface area contributed by atoms with Crippen molar-refractivity contribution >= 4 is 31.0 Å². The number of benzene rings is 4. The first kappa shape index (κ1) is 39.2. The van der Waals surface area contributed by atoms with Gasteiger partial charge < -0.3 is 28.4 Å². The van der Waals surface area contributed by atoms with E-state index in [9.17, 15) is 16.8 Å². The lowest BCUT2D eigenvalue weighted by Gasteiger charge is -2.11. The van der Waals surface area contributed by atoms with Crippen molar-refractivity contribution in [3.05, 3.63) is 96.1 Å². The fourth-order valence-electron chi connectivity index (χ4n) is 4.41. The molecule has 0 fully saturated rings. The van der Waals surface area contributed by atoms with E-state index in [0.717, 1.165) is 21.9 Å². The Kier molecular flexibility index (Phi) is 15.9. The van der Waals surface area contributed by atoms with Crippen LogP contribution < -0.4 is 9.47 Å². The SMILES string of the molecule is Cc1ccc(S(=O)(=O)OCCOCCOCCOc2ccc3cc(OCCOCCOCCOS(=O)(=O)c4ccc(C)cc4)ccc3c2)cc1. The van der Waals surface area contributed by atoms with Crippen LogP contribution in [0.1, 0.15) is 11.1 Å². The first-order chi connectivity index (χ1) is 24.1. The van der Waals surface area contributed by atoms with E-state index in [1.54, 1.807) is 24.3 Å². The van der Waals surface area contributed by atoms with Gasteiger partial charge in [-0.05, 0) is 73.2 Å². The number of ether oxygens (including phenoxy) is 6. The van der Waals surface area contributed by atoms with E-state index in [1.165, 1.54) is 24.3 Å². The van der Waals surface area contributed by atoms with Gasteiger partial charge in [-0.1, -0.05) is 47.5 Å². The van der Waals surface area contributed by atoms with Crippen molar-refractivity contribution in [2.45, 2.75) is 23.6 Å². The van der Waals surface area contributed by atoms with Gasteiger partial charge in [0.1, 0.15) is 24.7 Å². The molecule has 14 heteroatoms. The highest BCUT2D eigenvalue weighted by Gasteiger charge is 2.15. The first-order valence-corrected chi connectivity index (χ1v) is 19.0. The topological polar surface area (TPSA) is 142 Å². The molecule has 0 N–H and O–H groups in total. The summed E-state index contributed by atoms with van der Waals surface area (Å²) < 4.78 is 92.1. The number of rotatable bonds is 24. The predicted molar refractivity (Wildman–Crippen MR) is 187 cm³/mol. The minimum Gasteiger partial charge on any atom is -0.491 e. The van der Waals surface area contributed by atoms with Gasteiger partial charge in [0.05, 0.1) is 75.9 Å². The molecule has 0 aliphatic carbocycles. The molecule has 12 nitrogen and oxygen atoms in total. The molecule has 0 amide bonds. The fraction of sp³-hybridized carbons (Fsp3) is 0.389. The summed E-state index contributed by atoms with van der Waals surface area (Å²) in [6.07, 6.45) is 0. The third kappa shape index (κ3) is 13.6. The highest BCUT2D eigenvalue weighted by atomic mass is 32.2. The third-order valence-electron chi connectivity index (χ3n) is 7.07. The monoisotopic (exact) mass is 732 g/mol. The zero-order chi connectivity index (χ0) is 35.7. The fourth-order valence-corrected chi connectivity index (χ4v) is 6.20. The Morgan fingerprint density at radius 1 is 0.400 bits per heavy atom. The van der Waals surface area contributed by atoms with Gasteiger partial charge in [0.15, 0.2) is 0 Å². The Hall–Kier alpha value is -3.60. The Morgan fingerprint density at radius 3 is 1.08 bits per heavy atom. The molecule has 0 saturated carbocycles. The highest BCUT2D eigenvalue weighted by molar-refractivity contribution is 7.87. The molecule has 0 aliphatic heterocycles. The van der Waals surface area contributed by atoms with Crippen molar-refractivity contribution in [3.63, 3.8) is 0 Å². The van der Waals surface area contributed by atoms with Crippen LogP contribution in [0.5, 0.6) is 11.5 Å². The van der Waals surface area contributed by atoms with Gasteiger partial charge in [-0.15, -0.1) is 0 Å². The van der Waals surface area contributed by atoms with Crippen LogP contribution in [0, 0.1) is 13.8 Å². The minimum atomic E-state index is -3.80. The lowest BCUT2D eigenvalue weighted by atomic mass is 10.1. The van der Waals surface area contributed by atoms with Gasteiger partial charge >= 0.3 is 0 Å². The Balaban J connectivity index is 0.993. The van der Waals surface area contributed by atoms with Crippen molar-refractivity contribution in [3.8, 4) is 11.5 Å². The van der Waals surface area contributed by atoms with E-state index in [0.29, 0.717) is 64.4 Å². The predicted octanol–water partition coefficient (Wildman–Crippen LogP) is 5.09. The van der Waals surface area contributed by atoms with Crippen LogP contribution in [0.15, 0.2) is 94.7 Å². The molecule has 4 rings (SSSR count). The standard InChI is InChI=1S/C36H44O12S2/c1-29-3-11-35(12-4-29)49(37,38)47-25-21-43-17-15-41-19-23-45-33-9-7-32-28-34(10-8-31(32)27-33)46-24-20-42-16-18-44-22-26-48-50(39,40)36-13-5-30(2)6-14-36/h3-14,27-28H,15-26H2,1-2H3. The molecule has 0 atom stereocenters. The summed E-state index contributed by atoms with van der Waals surface area (Å²) in [6.45, 7) is 6.61. The molecule has 0 bridgehead atoms. The second-order valence-corrected chi connectivity index (χ2v) is 14.2. The molecule has 272 valence electrons. The molecule has 0 radical (unpaired) electrons. The molecular formula is C36H44O12S2. The maximum Gasteiger partial charge on any atom is 0.297 e. The summed E-state index contributed by atoms with van der Waals surface area (Å²) in [4.78, 5) is 0.235.